The molecule has 0 amide bonds. The number of rotatable bonds is 7. The Hall–Kier alpha value is -5.14. The zero-order valence-electron chi connectivity index (χ0n) is 21.7. The van der Waals surface area contributed by atoms with Crippen molar-refractivity contribution >= 4 is 29.2 Å². The van der Waals surface area contributed by atoms with Crippen molar-refractivity contribution in [3.8, 4) is 22.3 Å². The summed E-state index contributed by atoms with van der Waals surface area (Å²) in [5.74, 6) is 0. The van der Waals surface area contributed by atoms with E-state index in [4.69, 9.17) is 0 Å². The summed E-state index contributed by atoms with van der Waals surface area (Å²) in [6.45, 7) is 0. The third kappa shape index (κ3) is 5.58. The molecule has 0 bridgehead atoms. The monoisotopic (exact) mass is 499 g/mol. The molecule has 186 valence electrons. The fourth-order valence-electron chi connectivity index (χ4n) is 4.92. The highest BCUT2D eigenvalue weighted by atomic mass is 15.1. The zero-order valence-corrected chi connectivity index (χ0v) is 21.7. The van der Waals surface area contributed by atoms with Crippen LogP contribution in [0.5, 0.6) is 0 Å². The molecule has 0 saturated heterocycles. The fraction of sp³-hybridized carbons (Fsp3) is 0. The third-order valence-corrected chi connectivity index (χ3v) is 6.86. The first-order valence-electron chi connectivity index (χ1n) is 13.3. The molecule has 0 spiro atoms. The summed E-state index contributed by atoms with van der Waals surface area (Å²) in [5, 5.41) is 0. The van der Waals surface area contributed by atoms with Gasteiger partial charge in [0.05, 0.1) is 5.69 Å². The Bertz CT molecular complexity index is 1670. The highest BCUT2D eigenvalue weighted by Crippen LogP contribution is 2.41. The summed E-state index contributed by atoms with van der Waals surface area (Å²) < 4.78 is 0. The van der Waals surface area contributed by atoms with Gasteiger partial charge in [0.25, 0.3) is 0 Å². The molecule has 1 nitrogen and oxygen atoms in total. The lowest BCUT2D eigenvalue weighted by molar-refractivity contribution is 1.28. The molecule has 0 N–H and O–H groups in total. The van der Waals surface area contributed by atoms with E-state index >= 15 is 0 Å². The van der Waals surface area contributed by atoms with Crippen molar-refractivity contribution in [3.63, 3.8) is 0 Å². The van der Waals surface area contributed by atoms with Crippen LogP contribution in [0.4, 0.5) is 17.1 Å². The molecule has 0 aliphatic carbocycles. The van der Waals surface area contributed by atoms with E-state index in [1.54, 1.807) is 0 Å². The molecule has 1 heteroatoms. The van der Waals surface area contributed by atoms with Crippen LogP contribution in [0, 0.1) is 0 Å². The van der Waals surface area contributed by atoms with Crippen LogP contribution >= 0.6 is 0 Å². The Morgan fingerprint density at radius 2 is 0.897 bits per heavy atom. The Labute approximate surface area is 231 Å². The van der Waals surface area contributed by atoms with Crippen molar-refractivity contribution in [1.29, 1.82) is 0 Å². The molecule has 39 heavy (non-hydrogen) atoms. The average Bonchev–Trinajstić information content (AvgIpc) is 3.02. The molecule has 0 unspecified atom stereocenters. The first-order chi connectivity index (χ1) is 19.3. The smallest absolute Gasteiger partial charge is 0.0540 e. The number of hydrogen-bond donors (Lipinski definition) is 0. The van der Waals surface area contributed by atoms with Crippen LogP contribution in [0.25, 0.3) is 34.4 Å². The van der Waals surface area contributed by atoms with Crippen LogP contribution in [-0.4, -0.2) is 0 Å². The summed E-state index contributed by atoms with van der Waals surface area (Å²) in [6, 6.07) is 57.8. The van der Waals surface area contributed by atoms with Gasteiger partial charge in [0.15, 0.2) is 0 Å². The SMILES string of the molecule is C(=C\c1cccc(N(c2ccc(-c3ccccc3)cc2)c2ccccc2-c2ccccc2)c1)/c1ccccc1. The van der Waals surface area contributed by atoms with Gasteiger partial charge < -0.3 is 4.90 Å². The molecular formula is C38H29N. The standard InChI is InChI=1S/C38H29N/c1-4-13-30(14-5-1)23-24-31-15-12-20-36(29-31)39(35-27-25-33(26-28-35)32-16-6-2-7-17-32)38-22-11-10-21-37(38)34-18-8-3-9-19-34/h1-29H/b24-23+. The van der Waals surface area contributed by atoms with Gasteiger partial charge in [0.1, 0.15) is 0 Å². The minimum Gasteiger partial charge on any atom is -0.310 e. The van der Waals surface area contributed by atoms with Crippen molar-refractivity contribution in [2.75, 3.05) is 4.90 Å². The Morgan fingerprint density at radius 1 is 0.359 bits per heavy atom. The number of para-hydroxylation sites is 1. The van der Waals surface area contributed by atoms with Crippen LogP contribution in [0.3, 0.4) is 0 Å². The minimum atomic E-state index is 1.11. The van der Waals surface area contributed by atoms with Gasteiger partial charge in [-0.05, 0) is 58.1 Å². The maximum Gasteiger partial charge on any atom is 0.0540 e. The molecule has 0 heterocycles. The molecule has 0 aliphatic rings. The van der Waals surface area contributed by atoms with Gasteiger partial charge in [-0.15, -0.1) is 0 Å². The highest BCUT2D eigenvalue weighted by molar-refractivity contribution is 5.89. The quantitative estimate of drug-likeness (QED) is 0.197. The van der Waals surface area contributed by atoms with Crippen LogP contribution in [0.1, 0.15) is 11.1 Å². The first-order valence-corrected chi connectivity index (χ1v) is 13.3. The summed E-state index contributed by atoms with van der Waals surface area (Å²) in [7, 11) is 0. The lowest BCUT2D eigenvalue weighted by atomic mass is 10.0. The predicted molar refractivity (Wildman–Crippen MR) is 167 cm³/mol. The molecule has 0 atom stereocenters. The normalized spacial score (nSPS) is 11.0. The molecule has 6 aromatic carbocycles. The second kappa shape index (κ2) is 11.5. The molecule has 6 rings (SSSR count). The second-order valence-corrected chi connectivity index (χ2v) is 9.47. The average molecular weight is 500 g/mol. The largest absolute Gasteiger partial charge is 0.310 e. The Balaban J connectivity index is 1.46. The van der Waals surface area contributed by atoms with Gasteiger partial charge in [-0.3, -0.25) is 0 Å². The second-order valence-electron chi connectivity index (χ2n) is 9.47. The van der Waals surface area contributed by atoms with Crippen LogP contribution in [0.15, 0.2) is 164 Å². The van der Waals surface area contributed by atoms with Crippen LogP contribution in [0.2, 0.25) is 0 Å². The lowest BCUT2D eigenvalue weighted by Crippen LogP contribution is -2.11. The van der Waals surface area contributed by atoms with Gasteiger partial charge in [-0.1, -0.05) is 146 Å². The predicted octanol–water partition coefficient (Wildman–Crippen LogP) is 10.7. The van der Waals surface area contributed by atoms with E-state index in [0.29, 0.717) is 0 Å². The zero-order chi connectivity index (χ0) is 26.3. The minimum absolute atomic E-state index is 1.11. The van der Waals surface area contributed by atoms with Crippen molar-refractivity contribution < 1.29 is 0 Å². The van der Waals surface area contributed by atoms with Gasteiger partial charge in [0.2, 0.25) is 0 Å². The van der Waals surface area contributed by atoms with Crippen LogP contribution < -0.4 is 4.90 Å². The Kier molecular flexibility index (Phi) is 7.14. The molecule has 0 aliphatic heterocycles. The van der Waals surface area contributed by atoms with Gasteiger partial charge >= 0.3 is 0 Å². The van der Waals surface area contributed by atoms with Crippen molar-refractivity contribution in [1.82, 2.24) is 0 Å². The van der Waals surface area contributed by atoms with Crippen LogP contribution in [-0.2, 0) is 0 Å². The van der Waals surface area contributed by atoms with E-state index < -0.39 is 0 Å². The van der Waals surface area contributed by atoms with E-state index in [1.165, 1.54) is 27.8 Å². The number of nitrogens with zero attached hydrogens (tertiary/aromatic N) is 1. The molecule has 0 fully saturated rings. The molecule has 0 aromatic heterocycles. The topological polar surface area (TPSA) is 3.24 Å². The highest BCUT2D eigenvalue weighted by Gasteiger charge is 2.17. The fourth-order valence-corrected chi connectivity index (χ4v) is 4.92. The number of hydrogen-bond acceptors (Lipinski definition) is 1. The van der Waals surface area contributed by atoms with E-state index in [9.17, 15) is 0 Å². The summed E-state index contributed by atoms with van der Waals surface area (Å²) in [5.41, 5.74) is 10.5. The van der Waals surface area contributed by atoms with E-state index in [1.807, 2.05) is 6.07 Å². The van der Waals surface area contributed by atoms with E-state index in [-0.39, 0.29) is 0 Å². The van der Waals surface area contributed by atoms with Gasteiger partial charge in [-0.2, -0.15) is 0 Å². The summed E-state index contributed by atoms with van der Waals surface area (Å²) in [6.07, 6.45) is 4.34. The molecular weight excluding hydrogens is 470 g/mol. The number of benzene rings is 6. The lowest BCUT2D eigenvalue weighted by Gasteiger charge is -2.28. The summed E-state index contributed by atoms with van der Waals surface area (Å²) in [4.78, 5) is 2.36. The third-order valence-electron chi connectivity index (χ3n) is 6.86. The maximum absolute atomic E-state index is 2.36. The van der Waals surface area contributed by atoms with E-state index in [0.717, 1.165) is 22.6 Å². The van der Waals surface area contributed by atoms with Crippen molar-refractivity contribution in [3.05, 3.63) is 175 Å². The van der Waals surface area contributed by atoms with E-state index in [2.05, 4.69) is 175 Å². The number of anilines is 3. The molecule has 6 aromatic rings. The molecule has 0 radical (unpaired) electrons. The Morgan fingerprint density at radius 3 is 1.62 bits per heavy atom. The van der Waals surface area contributed by atoms with Gasteiger partial charge in [0, 0.05) is 16.9 Å². The van der Waals surface area contributed by atoms with Crippen molar-refractivity contribution in [2.45, 2.75) is 0 Å². The van der Waals surface area contributed by atoms with Gasteiger partial charge in [-0.25, -0.2) is 0 Å². The molecule has 0 saturated carbocycles. The maximum atomic E-state index is 2.36. The summed E-state index contributed by atoms with van der Waals surface area (Å²) >= 11 is 0. The first kappa shape index (κ1) is 24.2. The van der Waals surface area contributed by atoms with Crippen molar-refractivity contribution in [2.24, 2.45) is 0 Å².